The molecule has 0 aromatic carbocycles. The Labute approximate surface area is 499 Å². The number of aliphatic hydroxyl groups excluding tert-OH is 1. The monoisotopic (exact) mass is 1290 g/mol. The smallest absolute Gasteiger partial charge is 0.419 e. The fourth-order valence-corrected chi connectivity index (χ4v) is 5.52. The zero-order valence-electron chi connectivity index (χ0n) is 50.6. The second-order valence-electron chi connectivity index (χ2n) is 13.9. The number of imide groups is 4. The van der Waals surface area contributed by atoms with Crippen LogP contribution in [0.2, 0.25) is 0 Å². The van der Waals surface area contributed by atoms with Gasteiger partial charge < -0.3 is 66.5 Å². The normalized spacial score (nSPS) is 9.26. The van der Waals surface area contributed by atoms with Crippen LogP contribution in [0, 0.1) is 0 Å². The molecule has 3 aromatic heterocycles. The van der Waals surface area contributed by atoms with Gasteiger partial charge in [0.2, 0.25) is 17.5 Å². The van der Waals surface area contributed by atoms with Crippen molar-refractivity contribution in [3.63, 3.8) is 0 Å². The van der Waals surface area contributed by atoms with Crippen LogP contribution in [0.3, 0.4) is 0 Å². The number of aromatic nitrogens is 9. The molecule has 500 valence electrons. The first-order valence-corrected chi connectivity index (χ1v) is 26.2. The van der Waals surface area contributed by atoms with E-state index in [0.717, 1.165) is 42.1 Å². The minimum atomic E-state index is -1.44. The zero-order valence-corrected chi connectivity index (χ0v) is 51.6. The van der Waals surface area contributed by atoms with Crippen molar-refractivity contribution in [1.29, 1.82) is 0 Å². The number of carboxylic acid groups (broad SMARTS) is 3. The van der Waals surface area contributed by atoms with Crippen LogP contribution in [-0.4, -0.2) is 219 Å². The summed E-state index contributed by atoms with van der Waals surface area (Å²) in [5, 5.41) is 33.5. The first kappa shape index (κ1) is 88.8. The van der Waals surface area contributed by atoms with Crippen molar-refractivity contribution in [2.24, 2.45) is 11.5 Å². The van der Waals surface area contributed by atoms with E-state index in [2.05, 4.69) is 48.4 Å². The molecule has 88 heavy (non-hydrogen) atoms. The average molecular weight is 1290 g/mol. The molecule has 3 aromatic rings. The summed E-state index contributed by atoms with van der Waals surface area (Å²) in [6.45, 7) is 19.9. The number of carbonyl (C=O) groups is 11. The van der Waals surface area contributed by atoms with Gasteiger partial charge in [-0.15, -0.1) is 0 Å². The molecule has 1 atom stereocenters. The summed E-state index contributed by atoms with van der Waals surface area (Å²) in [6.07, 6.45) is -5.78. The Hall–Kier alpha value is -10.4. The van der Waals surface area contributed by atoms with Gasteiger partial charge in [-0.2, -0.15) is 15.0 Å². The Kier molecular flexibility index (Phi) is 50.4. The predicted molar refractivity (Wildman–Crippen MR) is 304 cm³/mol. The maximum absolute atomic E-state index is 11.8. The van der Waals surface area contributed by atoms with E-state index in [-0.39, 0.29) is 92.2 Å². The van der Waals surface area contributed by atoms with Crippen molar-refractivity contribution in [3.8, 4) is 0 Å². The fourth-order valence-electron chi connectivity index (χ4n) is 4.85. The summed E-state index contributed by atoms with van der Waals surface area (Å²) in [6, 6.07) is -1.63. The highest BCUT2D eigenvalue weighted by atomic mass is 31.1. The Morgan fingerprint density at radius 3 is 1.11 bits per heavy atom. The van der Waals surface area contributed by atoms with E-state index >= 15 is 0 Å². The summed E-state index contributed by atoms with van der Waals surface area (Å²) >= 11 is 0. The number of urea groups is 2. The Morgan fingerprint density at radius 2 is 0.864 bits per heavy atom. The number of nitrogens with zero attached hydrogens (tertiary/aromatic N) is 10. The van der Waals surface area contributed by atoms with E-state index in [4.69, 9.17) is 31.9 Å². The molecule has 3 rings (SSSR count). The molecular weight excluding hydrogens is 1220 g/mol. The minimum absolute atomic E-state index is 0. The molecule has 1 unspecified atom stereocenters. The molecule has 0 saturated heterocycles. The van der Waals surface area contributed by atoms with Crippen LogP contribution in [0.4, 0.5) is 38.4 Å². The third-order valence-electron chi connectivity index (χ3n) is 8.68. The number of nitrogens with two attached hydrogens (primary N) is 2. The van der Waals surface area contributed by atoms with Gasteiger partial charge in [-0.25, -0.2) is 115 Å². The average Bonchev–Trinajstić information content (AvgIpc) is 3.65. The van der Waals surface area contributed by atoms with Crippen LogP contribution in [0.5, 0.6) is 0 Å². The number of nitrogens with one attached hydrogen (secondary N) is 3. The lowest BCUT2D eigenvalue weighted by Crippen LogP contribution is -2.43. The molecule has 3 heterocycles. The summed E-state index contributed by atoms with van der Waals surface area (Å²) in [5.41, 5.74) is 5.13. The summed E-state index contributed by atoms with van der Waals surface area (Å²) in [7, 11) is 3.30. The van der Waals surface area contributed by atoms with Crippen molar-refractivity contribution < 1.29 is 102 Å². The highest BCUT2D eigenvalue weighted by Crippen LogP contribution is 2.07. The van der Waals surface area contributed by atoms with Gasteiger partial charge in [0, 0.05) is 46.4 Å². The van der Waals surface area contributed by atoms with Gasteiger partial charge in [0.05, 0.1) is 40.6 Å². The van der Waals surface area contributed by atoms with E-state index in [0.29, 0.717) is 4.90 Å². The van der Waals surface area contributed by atoms with Gasteiger partial charge in [-0.05, 0) is 84.6 Å². The van der Waals surface area contributed by atoms with Crippen LogP contribution in [0.25, 0.3) is 0 Å². The number of carboxylic acids is 1. The minimum Gasteiger partial charge on any atom is -0.475 e. The third kappa shape index (κ3) is 33.7. The molecule has 0 fully saturated rings. The van der Waals surface area contributed by atoms with Crippen molar-refractivity contribution >= 4 is 75.3 Å². The van der Waals surface area contributed by atoms with Crippen molar-refractivity contribution in [3.05, 3.63) is 80.4 Å². The molecule has 43 nitrogen and oxygen atoms in total. The summed E-state index contributed by atoms with van der Waals surface area (Å²) in [4.78, 5) is 200. The van der Waals surface area contributed by atoms with Gasteiger partial charge in [0.15, 0.2) is 0 Å². The predicted octanol–water partition coefficient (Wildman–Crippen LogP) is -0.919. The van der Waals surface area contributed by atoms with E-state index in [1.165, 1.54) is 14.0 Å². The molecule has 14 N–H and O–H groups in total. The second kappa shape index (κ2) is 49.9. The quantitative estimate of drug-likeness (QED) is 0.0530. The van der Waals surface area contributed by atoms with Crippen molar-refractivity contribution in [2.75, 3.05) is 74.1 Å². The number of carbonyl (C=O) groups excluding carboxylic acids is 8. The summed E-state index contributed by atoms with van der Waals surface area (Å²) in [5.74, 6) is -4.33. The van der Waals surface area contributed by atoms with E-state index in [1.54, 1.807) is 69.0 Å². The van der Waals surface area contributed by atoms with Gasteiger partial charge in [-0.1, -0.05) is 0 Å². The Balaban J connectivity index is -0.000000223. The number of amides is 10. The van der Waals surface area contributed by atoms with Crippen LogP contribution >= 0.6 is 8.73 Å². The standard InChI is InChI=1S/C8H12N3O4P.C8H15NO4.C7H9N3O4.C6H7N3O4.C6H11NO4.C4H9N3O2.C4H7NO4.CH4O.H3N/c1-4-10-7(13)9-5(6(12)15-2)11(16-3)8(10)14;1-4-9(7(10)12-5-2)8(11)13-6-3;1-3-10-6(12)8-4(5(11)14-2)9-7(10)13;1-2-9-5(12)7-3(4(10)11)8-6(9)13;1-3-10-5(8)7-6(9)11-4-2;1-2-7(3(5)8)4(6)9;1-2-5(3(6)7)4(8)9;1-2;/h16H,4H2,1-3H3;4-6H2,1-3H3;3H2,1-2H3,(H,8,9,12,13);2H2,1H3,(H,10,11)(H,7,8,12,13);3-4H2,1-2H3,(H,7,8,9);2H2,1H3,(H2,5,8)(H2,6,9);2H2,1H3,(H,6,7)(H,8,9);2H,1H3;1H3. The van der Waals surface area contributed by atoms with Crippen LogP contribution in [-0.2, 0) is 48.1 Å². The number of aromatic carboxylic acids is 1. The van der Waals surface area contributed by atoms with Crippen LogP contribution < -0.4 is 57.1 Å². The van der Waals surface area contributed by atoms with Gasteiger partial charge in [0.25, 0.3) is 0 Å². The third-order valence-corrected chi connectivity index (χ3v) is 9.53. The number of H-pyrrole nitrogens is 2. The lowest BCUT2D eigenvalue weighted by Gasteiger charge is -2.16. The largest absolute Gasteiger partial charge is 0.475 e. The molecule has 0 aliphatic carbocycles. The molecule has 0 spiro atoms. The SMILES string of the molecule is CCN(C(=O)O)C(=O)O.CCN(C(N)=O)C(N)=O.CCOC(=O)N(CC)C(=O)OCC.CCOC(=O)NC(=O)OCC.CCn1c(=O)nc(C(=O)O)[nH]c1=O.CCn1c(=O)nc(C(=O)OC)[nH]c1=O.CCn1c(=O)nc(C(=O)OC)n(PC)c1=O.CO.N. The van der Waals surface area contributed by atoms with E-state index < -0.39 is 106 Å². The first-order valence-electron chi connectivity index (χ1n) is 24.8. The number of methoxy groups -OCH3 is 2. The Bertz CT molecular complexity index is 2940. The van der Waals surface area contributed by atoms with Crippen LogP contribution in [0.15, 0.2) is 28.8 Å². The van der Waals surface area contributed by atoms with Crippen LogP contribution in [0.1, 0.15) is 101 Å². The zero-order chi connectivity index (χ0) is 68.9. The van der Waals surface area contributed by atoms with E-state index in [9.17, 15) is 81.5 Å². The number of primary amides is 2. The number of hydrogen-bond donors (Lipinski definition) is 10. The molecule has 10 amide bonds. The second-order valence-corrected chi connectivity index (χ2v) is 14.8. The number of esters is 2. The number of ether oxygens (including phenoxy) is 6. The van der Waals surface area contributed by atoms with E-state index in [1.807, 2.05) is 10.3 Å². The van der Waals surface area contributed by atoms with Gasteiger partial charge in [0.1, 0.15) is 0 Å². The highest BCUT2D eigenvalue weighted by Gasteiger charge is 2.22. The lowest BCUT2D eigenvalue weighted by atomic mass is 10.6. The Morgan fingerprint density at radius 1 is 0.523 bits per heavy atom. The fraction of sp³-hybridized carbons (Fsp3) is 0.545. The van der Waals surface area contributed by atoms with Gasteiger partial charge >= 0.3 is 101 Å². The van der Waals surface area contributed by atoms with Crippen molar-refractivity contribution in [2.45, 2.75) is 88.9 Å². The summed E-state index contributed by atoms with van der Waals surface area (Å²) < 4.78 is 30.6. The number of aliphatic hydroxyl groups is 1. The number of aromatic amines is 2. The molecule has 0 aliphatic rings. The topological polar surface area (TPSA) is 625 Å². The number of hydrogen-bond acceptors (Lipinski definition) is 28. The molecule has 0 bridgehead atoms. The molecule has 0 radical (unpaired) electrons. The highest BCUT2D eigenvalue weighted by molar-refractivity contribution is 7.35. The lowest BCUT2D eigenvalue weighted by molar-refractivity contribution is 0.0575. The van der Waals surface area contributed by atoms with Crippen molar-refractivity contribution in [1.82, 2.24) is 69.1 Å². The molecule has 44 heteroatoms. The van der Waals surface area contributed by atoms with Gasteiger partial charge in [-0.3, -0.25) is 14.3 Å². The molecular formula is C44H77N16O27P. The molecule has 0 saturated carbocycles. The molecule has 0 aliphatic heterocycles. The first-order chi connectivity index (χ1) is 40.8. The number of alkyl carbamates (subject to hydrolysis) is 2. The maximum Gasteiger partial charge on any atom is 0.419 e. The number of rotatable bonds is 14. The maximum atomic E-state index is 11.8.